The topological polar surface area (TPSA) is 88.6 Å². The summed E-state index contributed by atoms with van der Waals surface area (Å²) in [6.07, 6.45) is 0. The number of fused-ring (bicyclic) bond motifs is 1. The Bertz CT molecular complexity index is 1220. The Morgan fingerprint density at radius 2 is 2.03 bits per heavy atom. The minimum Gasteiger partial charge on any atom is -0.379 e. The van der Waals surface area contributed by atoms with Crippen molar-refractivity contribution in [3.8, 4) is 0 Å². The molecular formula is C20H20ClN3O4S3. The Kier molecular flexibility index (Phi) is 6.85. The Balaban J connectivity index is 1.44. The second-order valence-corrected chi connectivity index (χ2v) is 11.5. The molecule has 0 aliphatic carbocycles. The van der Waals surface area contributed by atoms with Gasteiger partial charge in [-0.1, -0.05) is 29.4 Å². The molecule has 164 valence electrons. The summed E-state index contributed by atoms with van der Waals surface area (Å²) in [7, 11) is -3.63. The predicted molar refractivity (Wildman–Crippen MR) is 125 cm³/mol. The lowest BCUT2D eigenvalue weighted by Crippen LogP contribution is -2.40. The summed E-state index contributed by atoms with van der Waals surface area (Å²) in [5.41, 5.74) is 2.07. The monoisotopic (exact) mass is 497 g/mol. The Hall–Kier alpha value is -1.69. The number of halogens is 1. The highest BCUT2D eigenvalue weighted by atomic mass is 35.5. The summed E-state index contributed by atoms with van der Waals surface area (Å²) in [5.74, 6) is -0.0701. The number of nitrogens with one attached hydrogen (secondary N) is 1. The van der Waals surface area contributed by atoms with Gasteiger partial charge in [-0.2, -0.15) is 4.31 Å². The van der Waals surface area contributed by atoms with Crippen molar-refractivity contribution in [2.75, 3.05) is 37.4 Å². The third kappa shape index (κ3) is 5.21. The van der Waals surface area contributed by atoms with Crippen LogP contribution in [-0.2, 0) is 19.6 Å². The first-order valence-corrected chi connectivity index (χ1v) is 13.1. The first kappa shape index (κ1) is 22.5. The molecule has 1 aliphatic heterocycles. The molecule has 0 saturated carbocycles. The highest BCUT2D eigenvalue weighted by Gasteiger charge is 2.27. The minimum atomic E-state index is -3.63. The zero-order chi connectivity index (χ0) is 22.0. The van der Waals surface area contributed by atoms with Crippen molar-refractivity contribution in [3.63, 3.8) is 0 Å². The van der Waals surface area contributed by atoms with Gasteiger partial charge < -0.3 is 10.1 Å². The Morgan fingerprint density at radius 3 is 2.81 bits per heavy atom. The van der Waals surface area contributed by atoms with Crippen LogP contribution in [0.1, 0.15) is 5.56 Å². The lowest BCUT2D eigenvalue weighted by molar-refractivity contribution is -0.113. The fourth-order valence-corrected chi connectivity index (χ4v) is 6.54. The van der Waals surface area contributed by atoms with Gasteiger partial charge in [0, 0.05) is 23.8 Å². The van der Waals surface area contributed by atoms with Crippen molar-refractivity contribution in [2.45, 2.75) is 16.2 Å². The number of carbonyl (C=O) groups excluding carboxylic acids is 1. The number of ether oxygens (including phenoxy) is 1. The van der Waals surface area contributed by atoms with Gasteiger partial charge in [0.05, 0.1) is 34.1 Å². The van der Waals surface area contributed by atoms with E-state index >= 15 is 0 Å². The maximum Gasteiger partial charge on any atom is 0.243 e. The zero-order valence-electron chi connectivity index (χ0n) is 16.6. The largest absolute Gasteiger partial charge is 0.379 e. The van der Waals surface area contributed by atoms with E-state index in [4.69, 9.17) is 16.3 Å². The molecule has 0 radical (unpaired) electrons. The van der Waals surface area contributed by atoms with Crippen LogP contribution in [0.5, 0.6) is 0 Å². The summed E-state index contributed by atoms with van der Waals surface area (Å²) in [5, 5.41) is 3.45. The van der Waals surface area contributed by atoms with Crippen LogP contribution in [0.2, 0.25) is 5.02 Å². The zero-order valence-corrected chi connectivity index (χ0v) is 19.8. The average Bonchev–Trinajstić information content (AvgIpc) is 3.16. The van der Waals surface area contributed by atoms with E-state index in [1.165, 1.54) is 33.5 Å². The quantitative estimate of drug-likeness (QED) is 0.518. The Labute approximate surface area is 193 Å². The van der Waals surface area contributed by atoms with Gasteiger partial charge in [-0.05, 0) is 42.8 Å². The van der Waals surface area contributed by atoms with E-state index in [1.807, 2.05) is 19.1 Å². The number of thioether (sulfide) groups is 1. The first-order valence-electron chi connectivity index (χ1n) is 9.50. The van der Waals surface area contributed by atoms with Crippen LogP contribution < -0.4 is 5.32 Å². The number of thiazole rings is 1. The predicted octanol–water partition coefficient (Wildman–Crippen LogP) is 4.01. The third-order valence-corrected chi connectivity index (χ3v) is 9.06. The number of aromatic nitrogens is 1. The van der Waals surface area contributed by atoms with Crippen molar-refractivity contribution in [1.82, 2.24) is 9.29 Å². The van der Waals surface area contributed by atoms with Gasteiger partial charge in [0.25, 0.3) is 0 Å². The van der Waals surface area contributed by atoms with Crippen molar-refractivity contribution >= 4 is 66.5 Å². The van der Waals surface area contributed by atoms with Crippen LogP contribution >= 0.6 is 34.7 Å². The number of sulfonamides is 1. The van der Waals surface area contributed by atoms with Crippen molar-refractivity contribution in [1.29, 1.82) is 0 Å². The van der Waals surface area contributed by atoms with Crippen LogP contribution in [0.25, 0.3) is 10.2 Å². The normalized spacial score (nSPS) is 15.3. The number of carbonyl (C=O) groups is 1. The van der Waals surface area contributed by atoms with E-state index < -0.39 is 10.0 Å². The molecule has 1 aliphatic rings. The summed E-state index contributed by atoms with van der Waals surface area (Å²) in [6, 6.07) is 10.3. The number of hydrogen-bond donors (Lipinski definition) is 1. The molecule has 7 nitrogen and oxygen atoms in total. The molecule has 2 heterocycles. The van der Waals surface area contributed by atoms with E-state index in [9.17, 15) is 13.2 Å². The number of amides is 1. The van der Waals surface area contributed by atoms with Crippen LogP contribution in [0.15, 0.2) is 45.6 Å². The second-order valence-electron chi connectivity index (χ2n) is 6.92. The average molecular weight is 498 g/mol. The van der Waals surface area contributed by atoms with Gasteiger partial charge in [-0.25, -0.2) is 13.4 Å². The van der Waals surface area contributed by atoms with Crippen LogP contribution in [0, 0.1) is 6.92 Å². The lowest BCUT2D eigenvalue weighted by atomic mass is 10.2. The molecule has 31 heavy (non-hydrogen) atoms. The van der Waals surface area contributed by atoms with Crippen molar-refractivity contribution < 1.29 is 17.9 Å². The lowest BCUT2D eigenvalue weighted by Gasteiger charge is -2.26. The molecule has 0 bridgehead atoms. The molecule has 0 unspecified atom stereocenters. The number of hydrogen-bond acceptors (Lipinski definition) is 7. The number of anilines is 1. The molecule has 1 fully saturated rings. The molecule has 0 atom stereocenters. The van der Waals surface area contributed by atoms with Gasteiger partial charge in [0.15, 0.2) is 4.34 Å². The fourth-order valence-electron chi connectivity index (χ4n) is 3.09. The summed E-state index contributed by atoms with van der Waals surface area (Å²) in [4.78, 5) is 17.2. The van der Waals surface area contributed by atoms with Gasteiger partial charge in [-0.15, -0.1) is 11.3 Å². The van der Waals surface area contributed by atoms with E-state index in [2.05, 4.69) is 10.3 Å². The van der Waals surface area contributed by atoms with E-state index in [1.54, 1.807) is 18.2 Å². The van der Waals surface area contributed by atoms with E-state index in [0.717, 1.165) is 20.1 Å². The molecule has 4 rings (SSSR count). The van der Waals surface area contributed by atoms with Crippen LogP contribution in [0.4, 0.5) is 5.69 Å². The van der Waals surface area contributed by atoms with Crippen LogP contribution in [0.3, 0.4) is 0 Å². The first-order chi connectivity index (χ1) is 14.8. The number of nitrogens with zero attached hydrogens (tertiary/aromatic N) is 2. The molecule has 0 spiro atoms. The van der Waals surface area contributed by atoms with Crippen LogP contribution in [-0.4, -0.2) is 55.7 Å². The molecular weight excluding hydrogens is 478 g/mol. The highest BCUT2D eigenvalue weighted by molar-refractivity contribution is 8.01. The standard InChI is InChI=1S/C20H20ClN3O4S3/c1-13-2-4-15(31(26,27)24-6-8-28-9-7-24)11-16(13)22-19(25)12-29-20-23-17-10-14(21)3-5-18(17)30-20/h2-5,10-11H,6-9,12H2,1H3,(H,22,25). The van der Waals surface area contributed by atoms with Gasteiger partial charge in [0.1, 0.15) is 0 Å². The fraction of sp³-hybridized carbons (Fsp3) is 0.300. The second kappa shape index (κ2) is 9.43. The van der Waals surface area contributed by atoms with Gasteiger partial charge in [0.2, 0.25) is 15.9 Å². The van der Waals surface area contributed by atoms with E-state index in [-0.39, 0.29) is 16.6 Å². The summed E-state index contributed by atoms with van der Waals surface area (Å²) >= 11 is 8.82. The molecule has 11 heteroatoms. The van der Waals surface area contributed by atoms with Gasteiger partial charge in [-0.3, -0.25) is 4.79 Å². The summed E-state index contributed by atoms with van der Waals surface area (Å²) in [6.45, 7) is 3.22. The number of benzene rings is 2. The number of morpholine rings is 1. The third-order valence-electron chi connectivity index (χ3n) is 4.75. The SMILES string of the molecule is Cc1ccc(S(=O)(=O)N2CCOCC2)cc1NC(=O)CSc1nc2cc(Cl)ccc2s1. The minimum absolute atomic E-state index is 0.158. The molecule has 1 saturated heterocycles. The summed E-state index contributed by atoms with van der Waals surface area (Å²) < 4.78 is 34.2. The highest BCUT2D eigenvalue weighted by Crippen LogP contribution is 2.31. The number of aryl methyl sites for hydroxylation is 1. The van der Waals surface area contributed by atoms with Gasteiger partial charge >= 0.3 is 0 Å². The molecule has 1 amide bonds. The van der Waals surface area contributed by atoms with Crippen molar-refractivity contribution in [3.05, 3.63) is 47.0 Å². The smallest absolute Gasteiger partial charge is 0.243 e. The number of rotatable bonds is 6. The van der Waals surface area contributed by atoms with E-state index in [0.29, 0.717) is 37.0 Å². The maximum absolute atomic E-state index is 12.9. The molecule has 1 N–H and O–H groups in total. The molecule has 1 aromatic heterocycles. The molecule has 2 aromatic carbocycles. The van der Waals surface area contributed by atoms with Crippen molar-refractivity contribution in [2.24, 2.45) is 0 Å². The Morgan fingerprint density at radius 1 is 1.26 bits per heavy atom. The maximum atomic E-state index is 12.9. The molecule has 3 aromatic rings.